The highest BCUT2D eigenvalue weighted by Gasteiger charge is 2.23. The molecule has 2 heterocycles. The van der Waals surface area contributed by atoms with Gasteiger partial charge in [-0.25, -0.2) is 4.39 Å². The van der Waals surface area contributed by atoms with Crippen LogP contribution in [0.3, 0.4) is 0 Å². The number of hydrogen-bond donors (Lipinski definition) is 0. The minimum absolute atomic E-state index is 0.0464. The minimum atomic E-state index is -0.334. The van der Waals surface area contributed by atoms with Gasteiger partial charge in [-0.3, -0.25) is 9.69 Å². The highest BCUT2D eigenvalue weighted by atomic mass is 35.5. The van der Waals surface area contributed by atoms with Crippen molar-refractivity contribution < 1.29 is 18.7 Å². The summed E-state index contributed by atoms with van der Waals surface area (Å²) in [5.41, 5.74) is 1.87. The molecule has 4 rings (SSSR count). The van der Waals surface area contributed by atoms with E-state index in [2.05, 4.69) is 4.90 Å². The van der Waals surface area contributed by atoms with Crippen LogP contribution < -0.4 is 9.47 Å². The van der Waals surface area contributed by atoms with E-state index in [1.54, 1.807) is 13.2 Å². The van der Waals surface area contributed by atoms with Crippen LogP contribution in [-0.2, 0) is 13.2 Å². The first kappa shape index (κ1) is 22.6. The highest BCUT2D eigenvalue weighted by molar-refractivity contribution is 7.12. The Morgan fingerprint density at radius 3 is 2.47 bits per heavy atom. The second-order valence-corrected chi connectivity index (χ2v) is 8.91. The maximum atomic E-state index is 13.2. The molecule has 1 fully saturated rings. The molecule has 0 radical (unpaired) electrons. The Morgan fingerprint density at radius 1 is 1.06 bits per heavy atom. The molecule has 1 aliphatic heterocycles. The SMILES string of the molecule is COc1ccc(OCc2csc(C(=O)N3CCN(Cc4ccc(F)cc4Cl)CC3)c2)cc1. The van der Waals surface area contributed by atoms with E-state index in [1.807, 2.05) is 40.6 Å². The first-order chi connectivity index (χ1) is 15.5. The molecule has 1 saturated heterocycles. The van der Waals surface area contributed by atoms with Gasteiger partial charge in [0.1, 0.15) is 23.9 Å². The van der Waals surface area contributed by atoms with Gasteiger partial charge in [0.2, 0.25) is 0 Å². The molecule has 32 heavy (non-hydrogen) atoms. The molecule has 8 heteroatoms. The molecular formula is C24H24ClFN2O3S. The summed E-state index contributed by atoms with van der Waals surface area (Å²) in [6.45, 7) is 3.84. The number of rotatable bonds is 7. The normalized spacial score (nSPS) is 14.4. The van der Waals surface area contributed by atoms with Crippen molar-refractivity contribution in [3.63, 3.8) is 0 Å². The van der Waals surface area contributed by atoms with E-state index < -0.39 is 0 Å². The lowest BCUT2D eigenvalue weighted by Gasteiger charge is -2.34. The van der Waals surface area contributed by atoms with Crippen LogP contribution in [0.5, 0.6) is 11.5 Å². The van der Waals surface area contributed by atoms with Gasteiger partial charge in [0.25, 0.3) is 5.91 Å². The zero-order valence-electron chi connectivity index (χ0n) is 17.7. The molecule has 0 atom stereocenters. The predicted octanol–water partition coefficient (Wildman–Crippen LogP) is 5.09. The van der Waals surface area contributed by atoms with Crippen molar-refractivity contribution in [2.75, 3.05) is 33.3 Å². The zero-order chi connectivity index (χ0) is 22.5. The van der Waals surface area contributed by atoms with E-state index in [0.29, 0.717) is 36.1 Å². The van der Waals surface area contributed by atoms with Crippen LogP contribution in [0.15, 0.2) is 53.9 Å². The Bertz CT molecular complexity index is 1070. The number of benzene rings is 2. The van der Waals surface area contributed by atoms with Crippen molar-refractivity contribution in [2.45, 2.75) is 13.2 Å². The van der Waals surface area contributed by atoms with E-state index >= 15 is 0 Å². The summed E-state index contributed by atoms with van der Waals surface area (Å²) < 4.78 is 24.2. The van der Waals surface area contributed by atoms with Crippen LogP contribution in [0.4, 0.5) is 4.39 Å². The lowest BCUT2D eigenvalue weighted by molar-refractivity contribution is 0.0633. The monoisotopic (exact) mass is 474 g/mol. The van der Waals surface area contributed by atoms with Crippen LogP contribution in [0, 0.1) is 5.82 Å². The van der Waals surface area contributed by atoms with E-state index in [0.717, 1.165) is 35.7 Å². The van der Waals surface area contributed by atoms with Crippen LogP contribution in [0.1, 0.15) is 20.8 Å². The second-order valence-electron chi connectivity index (χ2n) is 7.59. The van der Waals surface area contributed by atoms with Gasteiger partial charge >= 0.3 is 0 Å². The molecule has 1 amide bonds. The molecule has 0 bridgehead atoms. The lowest BCUT2D eigenvalue weighted by Crippen LogP contribution is -2.48. The minimum Gasteiger partial charge on any atom is -0.497 e. The van der Waals surface area contributed by atoms with E-state index in [4.69, 9.17) is 21.1 Å². The Kier molecular flexibility index (Phi) is 7.29. The number of ether oxygens (including phenoxy) is 2. The Morgan fingerprint density at radius 2 is 1.78 bits per heavy atom. The van der Waals surface area contributed by atoms with Crippen molar-refractivity contribution >= 4 is 28.8 Å². The van der Waals surface area contributed by atoms with Gasteiger partial charge in [0.15, 0.2) is 0 Å². The van der Waals surface area contributed by atoms with Crippen molar-refractivity contribution in [1.29, 1.82) is 0 Å². The van der Waals surface area contributed by atoms with Crippen LogP contribution >= 0.6 is 22.9 Å². The largest absolute Gasteiger partial charge is 0.497 e. The van der Waals surface area contributed by atoms with E-state index in [1.165, 1.54) is 23.5 Å². The molecule has 1 aliphatic rings. The number of carbonyl (C=O) groups is 1. The van der Waals surface area contributed by atoms with Crippen LogP contribution in [0.2, 0.25) is 5.02 Å². The summed E-state index contributed by atoms with van der Waals surface area (Å²) in [4.78, 5) is 17.7. The summed E-state index contributed by atoms with van der Waals surface area (Å²) >= 11 is 7.58. The van der Waals surface area contributed by atoms with Gasteiger partial charge in [0.05, 0.1) is 12.0 Å². The molecule has 0 aliphatic carbocycles. The average Bonchev–Trinajstić information content (AvgIpc) is 3.29. The first-order valence-electron chi connectivity index (χ1n) is 10.3. The molecule has 0 spiro atoms. The summed E-state index contributed by atoms with van der Waals surface area (Å²) in [7, 11) is 1.63. The Balaban J connectivity index is 1.27. The van der Waals surface area contributed by atoms with E-state index in [9.17, 15) is 9.18 Å². The summed E-state index contributed by atoms with van der Waals surface area (Å²) in [6.07, 6.45) is 0. The smallest absolute Gasteiger partial charge is 0.264 e. The molecule has 0 N–H and O–H groups in total. The lowest BCUT2D eigenvalue weighted by atomic mass is 10.2. The molecule has 1 aromatic heterocycles. The summed E-state index contributed by atoms with van der Waals surface area (Å²) in [6, 6.07) is 13.8. The molecule has 168 valence electrons. The average molecular weight is 475 g/mol. The molecule has 3 aromatic rings. The zero-order valence-corrected chi connectivity index (χ0v) is 19.3. The molecule has 5 nitrogen and oxygen atoms in total. The van der Waals surface area contributed by atoms with Crippen molar-refractivity contribution in [2.24, 2.45) is 0 Å². The number of carbonyl (C=O) groups excluding carboxylic acids is 1. The number of hydrogen-bond acceptors (Lipinski definition) is 5. The third-order valence-electron chi connectivity index (χ3n) is 5.40. The van der Waals surface area contributed by atoms with Crippen molar-refractivity contribution in [3.8, 4) is 11.5 Å². The first-order valence-corrected chi connectivity index (χ1v) is 11.6. The third kappa shape index (κ3) is 5.59. The second kappa shape index (κ2) is 10.3. The Hall–Kier alpha value is -2.61. The van der Waals surface area contributed by atoms with Gasteiger partial charge in [-0.05, 0) is 53.4 Å². The van der Waals surface area contributed by atoms with Gasteiger partial charge in [0, 0.05) is 43.3 Å². The molecule has 0 unspecified atom stereocenters. The Labute approximate surface area is 195 Å². The van der Waals surface area contributed by atoms with Gasteiger partial charge < -0.3 is 14.4 Å². The molecule has 0 saturated carbocycles. The number of amides is 1. The summed E-state index contributed by atoms with van der Waals surface area (Å²) in [5, 5.41) is 2.40. The van der Waals surface area contributed by atoms with Crippen molar-refractivity contribution in [3.05, 3.63) is 80.8 Å². The predicted molar refractivity (Wildman–Crippen MR) is 124 cm³/mol. The molecular weight excluding hydrogens is 451 g/mol. The van der Waals surface area contributed by atoms with Crippen LogP contribution in [0.25, 0.3) is 0 Å². The number of nitrogens with zero attached hydrogens (tertiary/aromatic N) is 2. The fraction of sp³-hybridized carbons (Fsp3) is 0.292. The van der Waals surface area contributed by atoms with Crippen molar-refractivity contribution in [1.82, 2.24) is 9.80 Å². The maximum Gasteiger partial charge on any atom is 0.264 e. The third-order valence-corrected chi connectivity index (χ3v) is 6.72. The number of halogens is 2. The number of methoxy groups -OCH3 is 1. The number of thiophene rings is 1. The fourth-order valence-corrected chi connectivity index (χ4v) is 4.65. The quantitative estimate of drug-likeness (QED) is 0.478. The summed E-state index contributed by atoms with van der Waals surface area (Å²) in [5.74, 6) is 1.24. The maximum absolute atomic E-state index is 13.2. The fourth-order valence-electron chi connectivity index (χ4n) is 3.56. The topological polar surface area (TPSA) is 42.0 Å². The van der Waals surface area contributed by atoms with E-state index in [-0.39, 0.29) is 11.7 Å². The standard InChI is InChI=1S/C24H24ClFN2O3S/c1-30-20-4-6-21(7-5-20)31-15-17-12-23(32-16-17)24(29)28-10-8-27(9-11-28)14-18-2-3-19(26)13-22(18)25/h2-7,12-13,16H,8-11,14-15H2,1H3. The highest BCUT2D eigenvalue weighted by Crippen LogP contribution is 2.23. The van der Waals surface area contributed by atoms with Gasteiger partial charge in [-0.2, -0.15) is 0 Å². The van der Waals surface area contributed by atoms with Gasteiger partial charge in [-0.15, -0.1) is 11.3 Å². The number of piperazine rings is 1. The molecule has 2 aromatic carbocycles. The van der Waals surface area contributed by atoms with Gasteiger partial charge in [-0.1, -0.05) is 17.7 Å². The van der Waals surface area contributed by atoms with Crippen LogP contribution in [-0.4, -0.2) is 49.0 Å².